The first-order chi connectivity index (χ1) is 13.3. The number of nitrogens with one attached hydrogen (secondary N) is 1. The molecule has 1 aliphatic carbocycles. The third-order valence-corrected chi connectivity index (χ3v) is 6.00. The largest absolute Gasteiger partial charge is 0.454 e. The molecule has 0 atom stereocenters. The van der Waals surface area contributed by atoms with E-state index in [1.165, 1.54) is 37.7 Å². The van der Waals surface area contributed by atoms with Crippen LogP contribution in [-0.4, -0.2) is 61.3 Å². The Morgan fingerprint density at radius 1 is 1.11 bits per heavy atom. The molecule has 3 aliphatic rings. The first kappa shape index (κ1) is 18.6. The Morgan fingerprint density at radius 2 is 1.89 bits per heavy atom. The smallest absolute Gasteiger partial charge is 0.231 e. The molecule has 27 heavy (non-hydrogen) atoms. The molecule has 2 aliphatic heterocycles. The van der Waals surface area contributed by atoms with Gasteiger partial charge in [0.25, 0.3) is 0 Å². The number of piperazine rings is 1. The maximum Gasteiger partial charge on any atom is 0.231 e. The van der Waals surface area contributed by atoms with Gasteiger partial charge in [0.15, 0.2) is 11.5 Å². The van der Waals surface area contributed by atoms with Gasteiger partial charge in [-0.3, -0.25) is 9.69 Å². The zero-order chi connectivity index (χ0) is 18.5. The minimum absolute atomic E-state index is 0.294. The second-order valence-corrected chi connectivity index (χ2v) is 7.83. The molecule has 1 aromatic rings. The van der Waals surface area contributed by atoms with Crippen LogP contribution in [0.4, 0.5) is 0 Å². The van der Waals surface area contributed by atoms with Crippen LogP contribution in [0.2, 0.25) is 0 Å². The number of ether oxygens (including phenoxy) is 2. The van der Waals surface area contributed by atoms with E-state index in [2.05, 4.69) is 22.3 Å². The van der Waals surface area contributed by atoms with Crippen LogP contribution in [0.5, 0.6) is 11.5 Å². The van der Waals surface area contributed by atoms with Gasteiger partial charge in [-0.1, -0.05) is 25.3 Å². The van der Waals surface area contributed by atoms with Gasteiger partial charge in [-0.2, -0.15) is 0 Å². The van der Waals surface area contributed by atoms with Crippen LogP contribution >= 0.6 is 0 Å². The van der Waals surface area contributed by atoms with Crippen LogP contribution in [0.1, 0.15) is 44.1 Å². The maximum atomic E-state index is 12.6. The number of hydrogen-bond acceptors (Lipinski definition) is 5. The SMILES string of the molecule is O=C(CCN(Cc1ccc2c(c1)OCO2)C1CCCCC1)N1CCNCC1. The van der Waals surface area contributed by atoms with Gasteiger partial charge in [-0.15, -0.1) is 0 Å². The van der Waals surface area contributed by atoms with Crippen molar-refractivity contribution in [1.82, 2.24) is 15.1 Å². The Bertz CT molecular complexity index is 640. The number of carbonyl (C=O) groups excluding carboxylic acids is 1. The van der Waals surface area contributed by atoms with E-state index in [0.29, 0.717) is 25.2 Å². The van der Waals surface area contributed by atoms with Gasteiger partial charge in [0.2, 0.25) is 12.7 Å². The predicted molar refractivity (Wildman–Crippen MR) is 104 cm³/mol. The minimum atomic E-state index is 0.294. The normalized spacial score (nSPS) is 20.3. The summed E-state index contributed by atoms with van der Waals surface area (Å²) in [6.07, 6.45) is 7.04. The standard InChI is InChI=1S/C21H31N3O3/c25-21(23-12-9-22-10-13-23)8-11-24(18-4-2-1-3-5-18)15-17-6-7-19-20(14-17)27-16-26-19/h6-7,14,18,22H,1-5,8-13,15-16H2. The van der Waals surface area contributed by atoms with Crippen LogP contribution in [0.15, 0.2) is 18.2 Å². The highest BCUT2D eigenvalue weighted by atomic mass is 16.7. The molecule has 2 heterocycles. The van der Waals surface area contributed by atoms with Gasteiger partial charge in [0, 0.05) is 51.7 Å². The van der Waals surface area contributed by atoms with Gasteiger partial charge in [-0.05, 0) is 30.5 Å². The van der Waals surface area contributed by atoms with Crippen LogP contribution in [0, 0.1) is 0 Å². The van der Waals surface area contributed by atoms with Crippen molar-refractivity contribution in [3.05, 3.63) is 23.8 Å². The maximum absolute atomic E-state index is 12.6. The third-order valence-electron chi connectivity index (χ3n) is 6.00. The van der Waals surface area contributed by atoms with Gasteiger partial charge >= 0.3 is 0 Å². The van der Waals surface area contributed by atoms with E-state index in [-0.39, 0.29) is 0 Å². The number of nitrogens with zero attached hydrogens (tertiary/aromatic N) is 2. The van der Waals surface area contributed by atoms with E-state index in [1.807, 2.05) is 11.0 Å². The number of amides is 1. The van der Waals surface area contributed by atoms with Crippen molar-refractivity contribution < 1.29 is 14.3 Å². The van der Waals surface area contributed by atoms with Gasteiger partial charge < -0.3 is 19.7 Å². The highest BCUT2D eigenvalue weighted by Crippen LogP contribution is 2.33. The summed E-state index contributed by atoms with van der Waals surface area (Å²) in [5.41, 5.74) is 1.24. The number of hydrogen-bond donors (Lipinski definition) is 1. The van der Waals surface area contributed by atoms with Crippen molar-refractivity contribution in [3.63, 3.8) is 0 Å². The van der Waals surface area contributed by atoms with Crippen molar-refractivity contribution in [3.8, 4) is 11.5 Å². The van der Waals surface area contributed by atoms with Crippen LogP contribution in [0.25, 0.3) is 0 Å². The lowest BCUT2D eigenvalue weighted by Crippen LogP contribution is -2.47. The van der Waals surface area contributed by atoms with E-state index < -0.39 is 0 Å². The number of benzene rings is 1. The van der Waals surface area contributed by atoms with Gasteiger partial charge in [0.1, 0.15) is 0 Å². The summed E-state index contributed by atoms with van der Waals surface area (Å²) < 4.78 is 11.0. The summed E-state index contributed by atoms with van der Waals surface area (Å²) in [5.74, 6) is 1.97. The predicted octanol–water partition coefficient (Wildman–Crippen LogP) is 2.37. The fourth-order valence-electron chi connectivity index (χ4n) is 4.42. The molecule has 0 aromatic heterocycles. The van der Waals surface area contributed by atoms with Crippen LogP contribution in [-0.2, 0) is 11.3 Å². The quantitative estimate of drug-likeness (QED) is 0.830. The lowest BCUT2D eigenvalue weighted by atomic mass is 9.93. The molecule has 1 saturated heterocycles. The molecule has 4 rings (SSSR count). The molecular weight excluding hydrogens is 342 g/mol. The van der Waals surface area contributed by atoms with Crippen molar-refractivity contribution in [1.29, 1.82) is 0 Å². The molecule has 6 nitrogen and oxygen atoms in total. The summed E-state index contributed by atoms with van der Waals surface area (Å²) in [4.78, 5) is 17.2. The fraction of sp³-hybridized carbons (Fsp3) is 0.667. The van der Waals surface area contributed by atoms with E-state index in [0.717, 1.165) is 50.8 Å². The molecule has 0 spiro atoms. The lowest BCUT2D eigenvalue weighted by molar-refractivity contribution is -0.132. The van der Waals surface area contributed by atoms with Crippen LogP contribution < -0.4 is 14.8 Å². The van der Waals surface area contributed by atoms with Crippen molar-refractivity contribution in [2.75, 3.05) is 39.5 Å². The highest BCUT2D eigenvalue weighted by Gasteiger charge is 2.24. The van der Waals surface area contributed by atoms with E-state index in [1.54, 1.807) is 0 Å². The Labute approximate surface area is 161 Å². The summed E-state index contributed by atoms with van der Waals surface area (Å²) in [7, 11) is 0. The Kier molecular flexibility index (Phi) is 6.14. The molecule has 0 radical (unpaired) electrons. The molecule has 6 heteroatoms. The number of carbonyl (C=O) groups is 1. The fourth-order valence-corrected chi connectivity index (χ4v) is 4.42. The average Bonchev–Trinajstić information content (AvgIpc) is 3.20. The van der Waals surface area contributed by atoms with Gasteiger partial charge in [0.05, 0.1) is 0 Å². The summed E-state index contributed by atoms with van der Waals surface area (Å²) >= 11 is 0. The molecule has 1 amide bonds. The molecule has 148 valence electrons. The second kappa shape index (κ2) is 8.93. The van der Waals surface area contributed by atoms with E-state index >= 15 is 0 Å². The second-order valence-electron chi connectivity index (χ2n) is 7.83. The third kappa shape index (κ3) is 4.74. The first-order valence-electron chi connectivity index (χ1n) is 10.4. The molecule has 1 aromatic carbocycles. The topological polar surface area (TPSA) is 54.0 Å². The summed E-state index contributed by atoms with van der Waals surface area (Å²) in [5, 5.41) is 3.31. The summed E-state index contributed by atoms with van der Waals surface area (Å²) in [6, 6.07) is 6.81. The van der Waals surface area contributed by atoms with Gasteiger partial charge in [-0.25, -0.2) is 0 Å². The van der Waals surface area contributed by atoms with Crippen LogP contribution in [0.3, 0.4) is 0 Å². The molecule has 2 fully saturated rings. The van der Waals surface area contributed by atoms with Crippen molar-refractivity contribution >= 4 is 5.91 Å². The Hall–Kier alpha value is -1.79. The molecular formula is C21H31N3O3. The Morgan fingerprint density at radius 3 is 2.70 bits per heavy atom. The van der Waals surface area contributed by atoms with E-state index in [4.69, 9.17) is 9.47 Å². The summed E-state index contributed by atoms with van der Waals surface area (Å²) in [6.45, 7) is 5.52. The monoisotopic (exact) mass is 373 g/mol. The number of fused-ring (bicyclic) bond motifs is 1. The molecule has 1 saturated carbocycles. The zero-order valence-electron chi connectivity index (χ0n) is 16.1. The molecule has 1 N–H and O–H groups in total. The minimum Gasteiger partial charge on any atom is -0.454 e. The first-order valence-corrected chi connectivity index (χ1v) is 10.4. The lowest BCUT2D eigenvalue weighted by Gasteiger charge is -2.35. The zero-order valence-corrected chi connectivity index (χ0v) is 16.1. The average molecular weight is 373 g/mol. The van der Waals surface area contributed by atoms with Crippen molar-refractivity contribution in [2.24, 2.45) is 0 Å². The number of rotatable bonds is 6. The molecule has 0 bridgehead atoms. The Balaban J connectivity index is 1.39. The molecule has 0 unspecified atom stereocenters. The van der Waals surface area contributed by atoms with E-state index in [9.17, 15) is 4.79 Å². The van der Waals surface area contributed by atoms with Crippen molar-refractivity contribution in [2.45, 2.75) is 51.1 Å². The highest BCUT2D eigenvalue weighted by molar-refractivity contribution is 5.76.